The Morgan fingerprint density at radius 2 is 1.95 bits per heavy atom. The minimum absolute atomic E-state index is 0.100. The third-order valence-electron chi connectivity index (χ3n) is 2.93. The number of nitrogens with zero attached hydrogens (tertiary/aromatic N) is 1. The van der Waals surface area contributed by atoms with E-state index in [0.29, 0.717) is 6.42 Å². The summed E-state index contributed by atoms with van der Waals surface area (Å²) in [5.41, 5.74) is 1.81. The maximum Gasteiger partial charge on any atom is 0.130 e. The van der Waals surface area contributed by atoms with Gasteiger partial charge in [0.15, 0.2) is 0 Å². The summed E-state index contributed by atoms with van der Waals surface area (Å²) in [6.07, 6.45) is 0.400. The van der Waals surface area contributed by atoms with Crippen molar-refractivity contribution < 1.29 is 4.79 Å². The molecule has 1 unspecified atom stereocenters. The lowest BCUT2D eigenvalue weighted by Gasteiger charge is -2.16. The minimum Gasteiger partial charge on any atom is -0.300 e. The zero-order valence-electron chi connectivity index (χ0n) is 10.8. The molecule has 1 atom stereocenters. The molecule has 2 nitrogen and oxygen atoms in total. The number of hydrogen-bond donors (Lipinski definition) is 0. The van der Waals surface area contributed by atoms with E-state index in [2.05, 4.69) is 6.07 Å². The number of carbonyl (C=O) groups is 1. The van der Waals surface area contributed by atoms with Crippen molar-refractivity contribution in [3.8, 4) is 6.07 Å². The van der Waals surface area contributed by atoms with E-state index in [9.17, 15) is 10.1 Å². The fourth-order valence-electron chi connectivity index (χ4n) is 2.09. The Bertz CT molecular complexity index is 523. The molecule has 1 aromatic carbocycles. The summed E-state index contributed by atoms with van der Waals surface area (Å²) in [6.45, 7) is 1.59. The van der Waals surface area contributed by atoms with Crippen LogP contribution in [0.25, 0.3) is 0 Å². The maximum atomic E-state index is 11.5. The van der Waals surface area contributed by atoms with Gasteiger partial charge in [0.2, 0.25) is 0 Å². The molecule has 19 heavy (non-hydrogen) atoms. The first-order chi connectivity index (χ1) is 9.22. The van der Waals surface area contributed by atoms with Crippen LogP contribution in [0.5, 0.6) is 0 Å². The van der Waals surface area contributed by atoms with Crippen LogP contribution in [0.2, 0.25) is 0 Å². The molecule has 1 aromatic rings. The first-order valence-corrected chi connectivity index (χ1v) is 8.13. The highest BCUT2D eigenvalue weighted by atomic mass is 32.2. The number of benzene rings is 1. The zero-order valence-corrected chi connectivity index (χ0v) is 12.4. The monoisotopic (exact) mass is 289 g/mol. The summed E-state index contributed by atoms with van der Waals surface area (Å²) in [5, 5.41) is 9.49. The first kappa shape index (κ1) is 14.2. The lowest BCUT2D eigenvalue weighted by atomic mass is 9.88. The predicted octanol–water partition coefficient (Wildman–Crippen LogP) is 3.96. The first-order valence-electron chi connectivity index (χ1n) is 6.16. The molecule has 1 saturated heterocycles. The normalized spacial score (nSPS) is 15.9. The van der Waals surface area contributed by atoms with Crippen molar-refractivity contribution in [2.45, 2.75) is 19.3 Å². The average molecular weight is 289 g/mol. The molecule has 0 amide bonds. The number of hydrogen-bond acceptors (Lipinski definition) is 4. The molecule has 0 aromatic heterocycles. The van der Waals surface area contributed by atoms with Crippen LogP contribution in [0.15, 0.2) is 40.1 Å². The Hall–Kier alpha value is -1.18. The molecule has 0 saturated carbocycles. The lowest BCUT2D eigenvalue weighted by Crippen LogP contribution is -2.07. The van der Waals surface area contributed by atoms with E-state index in [1.807, 2.05) is 30.3 Å². The smallest absolute Gasteiger partial charge is 0.130 e. The molecule has 0 bridgehead atoms. The lowest BCUT2D eigenvalue weighted by molar-refractivity contribution is -0.117. The largest absolute Gasteiger partial charge is 0.300 e. The second-order valence-electron chi connectivity index (χ2n) is 4.38. The maximum absolute atomic E-state index is 11.5. The van der Waals surface area contributed by atoms with Gasteiger partial charge in [0.25, 0.3) is 0 Å². The van der Waals surface area contributed by atoms with Crippen molar-refractivity contribution in [2.24, 2.45) is 0 Å². The van der Waals surface area contributed by atoms with Crippen LogP contribution in [0.4, 0.5) is 0 Å². The van der Waals surface area contributed by atoms with Crippen LogP contribution >= 0.6 is 23.5 Å². The van der Waals surface area contributed by atoms with Gasteiger partial charge >= 0.3 is 0 Å². The van der Waals surface area contributed by atoms with Gasteiger partial charge in [0.1, 0.15) is 5.78 Å². The number of allylic oxidation sites excluding steroid dienone is 1. The molecule has 98 valence electrons. The van der Waals surface area contributed by atoms with Crippen LogP contribution < -0.4 is 0 Å². The molecular formula is C15H15NOS2. The van der Waals surface area contributed by atoms with Crippen LogP contribution in [0, 0.1) is 11.3 Å². The molecule has 0 N–H and O–H groups in total. The second-order valence-corrected chi connectivity index (χ2v) is 6.85. The molecular weight excluding hydrogens is 274 g/mol. The van der Waals surface area contributed by atoms with Gasteiger partial charge in [-0.1, -0.05) is 30.3 Å². The summed E-state index contributed by atoms with van der Waals surface area (Å²) in [5.74, 6) is 2.12. The van der Waals surface area contributed by atoms with Crippen LogP contribution in [0.3, 0.4) is 0 Å². The van der Waals surface area contributed by atoms with Gasteiger partial charge in [0.05, 0.1) is 15.9 Å². The van der Waals surface area contributed by atoms with E-state index >= 15 is 0 Å². The standard InChI is InChI=1S/C15H15NOS2/c1-11(17)9-13(12-5-3-2-4-6-12)14(10-16)15-18-7-8-19-15/h2-6,13H,7-9H2,1H3. The number of carbonyl (C=O) groups excluding carboxylic acids is 1. The highest BCUT2D eigenvalue weighted by Gasteiger charge is 2.24. The highest BCUT2D eigenvalue weighted by molar-refractivity contribution is 8.25. The van der Waals surface area contributed by atoms with E-state index in [4.69, 9.17) is 0 Å². The van der Waals surface area contributed by atoms with Gasteiger partial charge in [-0.3, -0.25) is 4.79 Å². The summed E-state index contributed by atoms with van der Waals surface area (Å²) >= 11 is 3.47. The van der Waals surface area contributed by atoms with E-state index in [1.54, 1.807) is 30.4 Å². The predicted molar refractivity (Wildman–Crippen MR) is 82.0 cm³/mol. The number of ketones is 1. The molecule has 1 fully saturated rings. The fraction of sp³-hybridized carbons (Fsp3) is 0.333. The third kappa shape index (κ3) is 3.65. The minimum atomic E-state index is -0.100. The average Bonchev–Trinajstić information content (AvgIpc) is 2.93. The third-order valence-corrected chi connectivity index (χ3v) is 5.68. The molecule has 1 aliphatic heterocycles. The van der Waals surface area contributed by atoms with E-state index in [1.165, 1.54) is 0 Å². The van der Waals surface area contributed by atoms with E-state index < -0.39 is 0 Å². The van der Waals surface area contributed by atoms with Gasteiger partial charge < -0.3 is 0 Å². The number of Topliss-reactive ketones (excluding diaryl/α,β-unsaturated/α-hetero) is 1. The Balaban J connectivity index is 2.40. The molecule has 2 rings (SSSR count). The quantitative estimate of drug-likeness (QED) is 0.787. The van der Waals surface area contributed by atoms with Gasteiger partial charge in [-0.25, -0.2) is 0 Å². The van der Waals surface area contributed by atoms with Gasteiger partial charge in [-0.15, -0.1) is 23.5 Å². The molecule has 4 heteroatoms. The van der Waals surface area contributed by atoms with Crippen molar-refractivity contribution in [1.82, 2.24) is 0 Å². The summed E-state index contributed by atoms with van der Waals surface area (Å²) in [4.78, 5) is 11.5. The molecule has 0 spiro atoms. The van der Waals surface area contributed by atoms with E-state index in [-0.39, 0.29) is 11.7 Å². The van der Waals surface area contributed by atoms with Crippen LogP contribution in [-0.2, 0) is 4.79 Å². The van der Waals surface area contributed by atoms with Gasteiger partial charge in [-0.2, -0.15) is 5.26 Å². The van der Waals surface area contributed by atoms with Crippen molar-refractivity contribution in [3.63, 3.8) is 0 Å². The van der Waals surface area contributed by atoms with Crippen LogP contribution in [0.1, 0.15) is 24.8 Å². The van der Waals surface area contributed by atoms with Crippen molar-refractivity contribution in [3.05, 3.63) is 45.7 Å². The SMILES string of the molecule is CC(=O)CC(C(C#N)=C1SCCS1)c1ccccc1. The van der Waals surface area contributed by atoms with Gasteiger partial charge in [0, 0.05) is 23.8 Å². The number of nitriles is 1. The fourth-order valence-corrected chi connectivity index (χ4v) is 4.65. The highest BCUT2D eigenvalue weighted by Crippen LogP contribution is 2.43. The second kappa shape index (κ2) is 6.83. The summed E-state index contributed by atoms with van der Waals surface area (Å²) in [7, 11) is 0. The Morgan fingerprint density at radius 3 is 2.47 bits per heavy atom. The summed E-state index contributed by atoms with van der Waals surface area (Å²) in [6, 6.07) is 12.2. The summed E-state index contributed by atoms with van der Waals surface area (Å²) < 4.78 is 1.10. The van der Waals surface area contributed by atoms with Crippen LogP contribution in [-0.4, -0.2) is 17.3 Å². The number of thioether (sulfide) groups is 2. The Morgan fingerprint density at radius 1 is 1.32 bits per heavy atom. The molecule has 0 radical (unpaired) electrons. The van der Waals surface area contributed by atoms with Crippen molar-refractivity contribution in [1.29, 1.82) is 5.26 Å². The molecule has 1 aliphatic rings. The van der Waals surface area contributed by atoms with Gasteiger partial charge in [-0.05, 0) is 12.5 Å². The molecule has 1 heterocycles. The van der Waals surface area contributed by atoms with E-state index in [0.717, 1.165) is 26.9 Å². The topological polar surface area (TPSA) is 40.9 Å². The Labute approximate surface area is 122 Å². The Kier molecular flexibility index (Phi) is 5.12. The van der Waals surface area contributed by atoms with Crippen molar-refractivity contribution in [2.75, 3.05) is 11.5 Å². The number of rotatable bonds is 4. The van der Waals surface area contributed by atoms with Crippen molar-refractivity contribution >= 4 is 29.3 Å². The molecule has 0 aliphatic carbocycles. The zero-order chi connectivity index (χ0) is 13.7.